The van der Waals surface area contributed by atoms with Gasteiger partial charge in [-0.15, -0.1) is 0 Å². The molecule has 0 N–H and O–H groups in total. The Bertz CT molecular complexity index is 1840. The van der Waals surface area contributed by atoms with Crippen molar-refractivity contribution in [3.05, 3.63) is 146 Å². The molecule has 38 heavy (non-hydrogen) atoms. The van der Waals surface area contributed by atoms with E-state index in [0.717, 1.165) is 67.2 Å². The van der Waals surface area contributed by atoms with Crippen LogP contribution in [0.1, 0.15) is 0 Å². The second-order valence-corrected chi connectivity index (χ2v) is 9.30. The molecule has 0 amide bonds. The van der Waals surface area contributed by atoms with Crippen molar-refractivity contribution in [3.8, 4) is 56.4 Å². The van der Waals surface area contributed by atoms with Gasteiger partial charge in [-0.3, -0.25) is 0 Å². The number of fused-ring (bicyclic) bond motifs is 1. The maximum absolute atomic E-state index is 6.85. The van der Waals surface area contributed by atoms with E-state index in [2.05, 4.69) is 103 Å². The van der Waals surface area contributed by atoms with Crippen LogP contribution < -0.4 is 0 Å². The van der Waals surface area contributed by atoms with Crippen molar-refractivity contribution in [2.75, 3.05) is 0 Å². The van der Waals surface area contributed by atoms with E-state index in [0.29, 0.717) is 0 Å². The zero-order valence-corrected chi connectivity index (χ0v) is 20.7. The third-order valence-corrected chi connectivity index (χ3v) is 6.95. The van der Waals surface area contributed by atoms with Crippen LogP contribution in [0.4, 0.5) is 0 Å². The molecular weight excluding hydrogens is 464 g/mol. The third-order valence-electron chi connectivity index (χ3n) is 6.95. The summed E-state index contributed by atoms with van der Waals surface area (Å²) < 4.78 is 13.4. The highest BCUT2D eigenvalue weighted by molar-refractivity contribution is 6.06. The van der Waals surface area contributed by atoms with Gasteiger partial charge in [0, 0.05) is 27.5 Å². The van der Waals surface area contributed by atoms with Gasteiger partial charge < -0.3 is 8.83 Å². The first-order chi connectivity index (χ1) is 18.9. The summed E-state index contributed by atoms with van der Waals surface area (Å²) in [5, 5.41) is 2.13. The third kappa shape index (κ3) is 3.84. The van der Waals surface area contributed by atoms with Gasteiger partial charge >= 0.3 is 0 Å². The highest BCUT2D eigenvalue weighted by Crippen LogP contribution is 2.46. The number of furan rings is 2. The molecule has 180 valence electrons. The summed E-state index contributed by atoms with van der Waals surface area (Å²) in [6, 6.07) is 49.9. The topological polar surface area (TPSA) is 26.3 Å². The maximum Gasteiger partial charge on any atom is 0.146 e. The van der Waals surface area contributed by atoms with Gasteiger partial charge in [0.2, 0.25) is 0 Å². The lowest BCUT2D eigenvalue weighted by Gasteiger charge is -2.08. The molecule has 0 saturated heterocycles. The van der Waals surface area contributed by atoms with E-state index in [1.165, 1.54) is 0 Å². The molecule has 0 aliphatic carbocycles. The molecule has 2 heterocycles. The van der Waals surface area contributed by atoms with E-state index >= 15 is 0 Å². The Morgan fingerprint density at radius 2 is 0.789 bits per heavy atom. The fourth-order valence-corrected chi connectivity index (χ4v) is 5.15. The van der Waals surface area contributed by atoms with E-state index in [1.807, 2.05) is 42.5 Å². The number of hydrogen-bond donors (Lipinski definition) is 0. The van der Waals surface area contributed by atoms with Crippen LogP contribution in [0.5, 0.6) is 0 Å². The van der Waals surface area contributed by atoms with Crippen molar-refractivity contribution in [3.63, 3.8) is 0 Å². The number of hydrogen-bond acceptors (Lipinski definition) is 2. The van der Waals surface area contributed by atoms with Crippen molar-refractivity contribution in [1.29, 1.82) is 0 Å². The molecule has 2 nitrogen and oxygen atoms in total. The van der Waals surface area contributed by atoms with Gasteiger partial charge in [0.25, 0.3) is 0 Å². The van der Waals surface area contributed by atoms with Crippen LogP contribution in [-0.2, 0) is 0 Å². The van der Waals surface area contributed by atoms with Gasteiger partial charge in [-0.1, -0.05) is 140 Å². The Morgan fingerprint density at radius 3 is 1.42 bits per heavy atom. The molecule has 0 aliphatic rings. The van der Waals surface area contributed by atoms with Gasteiger partial charge in [0.15, 0.2) is 0 Å². The normalized spacial score (nSPS) is 11.2. The Morgan fingerprint density at radius 1 is 0.316 bits per heavy atom. The Hall–Kier alpha value is -5.08. The summed E-state index contributed by atoms with van der Waals surface area (Å²) in [5.74, 6) is 3.28. The minimum Gasteiger partial charge on any atom is -0.455 e. The summed E-state index contributed by atoms with van der Waals surface area (Å²) in [6.45, 7) is 0. The van der Waals surface area contributed by atoms with Gasteiger partial charge in [-0.2, -0.15) is 0 Å². The quantitative estimate of drug-likeness (QED) is 0.241. The molecule has 0 saturated carbocycles. The molecular formula is C36H24O2. The monoisotopic (exact) mass is 488 g/mol. The number of rotatable bonds is 5. The highest BCUT2D eigenvalue weighted by atomic mass is 16.4. The SMILES string of the molecule is c1ccc(-c2cc(-c3oc(-c4ccccc4-c4ccccc4)c4ccccc34)c(-c3ccccc3)o2)cc1. The molecule has 5 aromatic carbocycles. The molecule has 0 spiro atoms. The fraction of sp³-hybridized carbons (Fsp3) is 0. The highest BCUT2D eigenvalue weighted by Gasteiger charge is 2.24. The molecule has 0 radical (unpaired) electrons. The van der Waals surface area contributed by atoms with Gasteiger partial charge in [0.1, 0.15) is 23.0 Å². The lowest BCUT2D eigenvalue weighted by Crippen LogP contribution is -1.83. The van der Waals surface area contributed by atoms with Crippen molar-refractivity contribution < 1.29 is 8.83 Å². The molecule has 7 aromatic rings. The number of benzene rings is 5. The van der Waals surface area contributed by atoms with Crippen LogP contribution in [0, 0.1) is 0 Å². The summed E-state index contributed by atoms with van der Waals surface area (Å²) in [7, 11) is 0. The summed E-state index contributed by atoms with van der Waals surface area (Å²) in [5.41, 5.74) is 6.34. The van der Waals surface area contributed by atoms with Crippen molar-refractivity contribution in [1.82, 2.24) is 0 Å². The first-order valence-corrected chi connectivity index (χ1v) is 12.8. The van der Waals surface area contributed by atoms with Crippen LogP contribution >= 0.6 is 0 Å². The molecule has 0 atom stereocenters. The summed E-state index contributed by atoms with van der Waals surface area (Å²) >= 11 is 0. The lowest BCUT2D eigenvalue weighted by molar-refractivity contribution is 0.587. The first kappa shape index (κ1) is 22.1. The Kier molecular flexibility index (Phi) is 5.49. The van der Waals surface area contributed by atoms with E-state index in [1.54, 1.807) is 0 Å². The molecule has 0 unspecified atom stereocenters. The minimum absolute atomic E-state index is 0.798. The first-order valence-electron chi connectivity index (χ1n) is 12.8. The molecule has 0 bridgehead atoms. The average Bonchev–Trinajstić information content (AvgIpc) is 3.61. The lowest BCUT2D eigenvalue weighted by atomic mass is 9.96. The van der Waals surface area contributed by atoms with Crippen LogP contribution in [0.15, 0.2) is 154 Å². The van der Waals surface area contributed by atoms with Gasteiger partial charge in [-0.05, 0) is 17.2 Å². The molecule has 7 rings (SSSR count). The average molecular weight is 489 g/mol. The van der Waals surface area contributed by atoms with Crippen LogP contribution in [0.3, 0.4) is 0 Å². The largest absolute Gasteiger partial charge is 0.455 e. The van der Waals surface area contributed by atoms with Crippen molar-refractivity contribution in [2.24, 2.45) is 0 Å². The van der Waals surface area contributed by atoms with Crippen LogP contribution in [-0.4, -0.2) is 0 Å². The van der Waals surface area contributed by atoms with Gasteiger partial charge in [0.05, 0.1) is 5.56 Å². The standard InChI is InChI=1S/C36H24O2/c1-4-14-25(15-5-1)28-20-10-11-21-29(28)35-30-22-12-13-23-31(30)36(38-35)32-24-33(26-16-6-2-7-17-26)37-34(32)27-18-8-3-9-19-27/h1-24H. The Labute approximate surface area is 221 Å². The van der Waals surface area contributed by atoms with E-state index in [4.69, 9.17) is 8.83 Å². The predicted octanol–water partition coefficient (Wildman–Crippen LogP) is 10.4. The zero-order valence-electron chi connectivity index (χ0n) is 20.7. The molecule has 0 aliphatic heterocycles. The van der Waals surface area contributed by atoms with Gasteiger partial charge in [-0.25, -0.2) is 0 Å². The molecule has 2 aromatic heterocycles. The maximum atomic E-state index is 6.85. The van der Waals surface area contributed by atoms with Crippen molar-refractivity contribution in [2.45, 2.75) is 0 Å². The summed E-state index contributed by atoms with van der Waals surface area (Å²) in [4.78, 5) is 0. The van der Waals surface area contributed by atoms with E-state index < -0.39 is 0 Å². The van der Waals surface area contributed by atoms with Crippen LogP contribution in [0.2, 0.25) is 0 Å². The fourth-order valence-electron chi connectivity index (χ4n) is 5.15. The minimum atomic E-state index is 0.798. The second kappa shape index (κ2) is 9.42. The van der Waals surface area contributed by atoms with Crippen LogP contribution in [0.25, 0.3) is 67.2 Å². The second-order valence-electron chi connectivity index (χ2n) is 9.30. The molecule has 0 fully saturated rings. The predicted molar refractivity (Wildman–Crippen MR) is 156 cm³/mol. The van der Waals surface area contributed by atoms with Crippen molar-refractivity contribution >= 4 is 10.8 Å². The Balaban J connectivity index is 1.49. The zero-order chi connectivity index (χ0) is 25.3. The van der Waals surface area contributed by atoms with E-state index in [-0.39, 0.29) is 0 Å². The summed E-state index contributed by atoms with van der Waals surface area (Å²) in [6.07, 6.45) is 0. The molecule has 2 heteroatoms. The van der Waals surface area contributed by atoms with E-state index in [9.17, 15) is 0 Å². The smallest absolute Gasteiger partial charge is 0.146 e.